The fourth-order valence-corrected chi connectivity index (χ4v) is 12.9. The molecule has 0 spiro atoms. The summed E-state index contributed by atoms with van der Waals surface area (Å²) < 4.78 is 7.34. The van der Waals surface area contributed by atoms with Gasteiger partial charge in [0.25, 0.3) is 0 Å². The number of rotatable bonds is 8. The number of amidine groups is 2. The number of aliphatic imine (C=N–C) groups is 2. The highest BCUT2D eigenvalue weighted by Crippen LogP contribution is 2.46. The van der Waals surface area contributed by atoms with E-state index in [-0.39, 0.29) is 0 Å². The number of fused-ring (bicyclic) bond motifs is 9. The van der Waals surface area contributed by atoms with E-state index in [0.29, 0.717) is 5.84 Å². The molecule has 0 saturated carbocycles. The first kappa shape index (κ1) is 43.0. The van der Waals surface area contributed by atoms with Crippen molar-refractivity contribution in [3.8, 4) is 44.8 Å². The van der Waals surface area contributed by atoms with Crippen LogP contribution in [0.1, 0.15) is 22.9 Å². The fraction of sp³-hybridized carbons (Fsp3) is 0.0145. The molecule has 0 amide bonds. The average Bonchev–Trinajstić information content (AvgIpc) is 4.16. The van der Waals surface area contributed by atoms with Gasteiger partial charge in [0, 0.05) is 64.1 Å². The molecule has 6 heteroatoms. The summed E-state index contributed by atoms with van der Waals surface area (Å²) in [7, 11) is 0. The van der Waals surface area contributed by atoms with Crippen LogP contribution in [-0.2, 0) is 0 Å². The first-order valence-corrected chi connectivity index (χ1v) is 26.3. The van der Waals surface area contributed by atoms with Crippen molar-refractivity contribution in [2.24, 2.45) is 9.98 Å². The minimum atomic E-state index is -0.472. The van der Waals surface area contributed by atoms with Gasteiger partial charge in [-0.1, -0.05) is 206 Å². The highest BCUT2D eigenvalue weighted by molar-refractivity contribution is 7.26. The van der Waals surface area contributed by atoms with E-state index in [1.165, 1.54) is 80.6 Å². The highest BCUT2D eigenvalue weighted by Gasteiger charge is 2.28. The van der Waals surface area contributed by atoms with Crippen LogP contribution in [-0.4, -0.2) is 20.8 Å². The van der Waals surface area contributed by atoms with Crippen molar-refractivity contribution < 1.29 is 0 Å². The largest absolute Gasteiger partial charge is 0.344 e. The summed E-state index contributed by atoms with van der Waals surface area (Å²) >= 11 is 1.81. The van der Waals surface area contributed by atoms with Crippen molar-refractivity contribution >= 4 is 86.8 Å². The topological polar surface area (TPSA) is 46.6 Å². The quantitative estimate of drug-likeness (QED) is 0.162. The van der Waals surface area contributed by atoms with Crippen molar-refractivity contribution in [2.45, 2.75) is 6.17 Å². The van der Waals surface area contributed by atoms with E-state index in [1.807, 2.05) is 11.3 Å². The highest BCUT2D eigenvalue weighted by atomic mass is 32.1. The van der Waals surface area contributed by atoms with Gasteiger partial charge in [-0.2, -0.15) is 0 Å². The third-order valence-corrected chi connectivity index (χ3v) is 16.2. The third kappa shape index (κ3) is 7.06. The van der Waals surface area contributed by atoms with Crippen LogP contribution in [0, 0.1) is 0 Å². The monoisotopic (exact) mass is 975 g/mol. The summed E-state index contributed by atoms with van der Waals surface area (Å²) in [4.78, 5) is 10.9. The van der Waals surface area contributed by atoms with E-state index in [4.69, 9.17) is 9.98 Å². The fourth-order valence-electron chi connectivity index (χ4n) is 11.6. The Balaban J connectivity index is 0.920. The molecule has 11 aromatic carbocycles. The van der Waals surface area contributed by atoms with E-state index < -0.39 is 6.17 Å². The smallest absolute Gasteiger partial charge is 0.159 e. The average molecular weight is 976 g/mol. The van der Waals surface area contributed by atoms with Gasteiger partial charge in [0.2, 0.25) is 0 Å². The molecule has 1 aliphatic rings. The summed E-state index contributed by atoms with van der Waals surface area (Å²) in [5.74, 6) is 1.48. The number of nitrogens with zero attached hydrogens (tertiary/aromatic N) is 4. The van der Waals surface area contributed by atoms with Gasteiger partial charge in [0.15, 0.2) is 5.84 Å². The predicted molar refractivity (Wildman–Crippen MR) is 316 cm³/mol. The van der Waals surface area contributed by atoms with Crippen LogP contribution in [0.5, 0.6) is 0 Å². The summed E-state index contributed by atoms with van der Waals surface area (Å²) in [5, 5.41) is 11.2. The summed E-state index contributed by atoms with van der Waals surface area (Å²) in [5.41, 5.74) is 16.9. The second-order valence-electron chi connectivity index (χ2n) is 19.3. The zero-order valence-corrected chi connectivity index (χ0v) is 41.4. The minimum Gasteiger partial charge on any atom is -0.344 e. The van der Waals surface area contributed by atoms with Crippen molar-refractivity contribution in [2.75, 3.05) is 0 Å². The van der Waals surface area contributed by atoms with E-state index in [2.05, 4.69) is 275 Å². The lowest BCUT2D eigenvalue weighted by molar-refractivity contribution is 0.671. The number of hydrogen-bond acceptors (Lipinski definition) is 4. The van der Waals surface area contributed by atoms with Crippen LogP contribution >= 0.6 is 11.3 Å². The molecule has 0 radical (unpaired) electrons. The Hall–Kier alpha value is -9.62. The lowest BCUT2D eigenvalue weighted by Gasteiger charge is -2.26. The molecule has 4 heterocycles. The Morgan fingerprint density at radius 2 is 0.907 bits per heavy atom. The molecule has 0 bridgehead atoms. The molecular weight excluding hydrogens is 931 g/mol. The normalized spacial score (nSPS) is 13.7. The van der Waals surface area contributed by atoms with E-state index in [0.717, 1.165) is 50.5 Å². The van der Waals surface area contributed by atoms with Gasteiger partial charge in [-0.3, -0.25) is 0 Å². The molecule has 0 fully saturated rings. The maximum atomic E-state index is 5.54. The lowest BCUT2D eigenvalue weighted by Crippen LogP contribution is -2.34. The Kier molecular flexibility index (Phi) is 10.1. The molecule has 1 N–H and O–H groups in total. The number of para-hydroxylation sites is 3. The molecule has 0 aliphatic carbocycles. The molecule has 15 rings (SSSR count). The van der Waals surface area contributed by atoms with Gasteiger partial charge in [-0.25, -0.2) is 9.98 Å². The van der Waals surface area contributed by atoms with Crippen LogP contribution < -0.4 is 5.32 Å². The summed E-state index contributed by atoms with van der Waals surface area (Å²) in [6.07, 6.45) is -0.472. The first-order chi connectivity index (χ1) is 37.2. The Morgan fingerprint density at radius 3 is 1.67 bits per heavy atom. The molecule has 14 aromatic rings. The van der Waals surface area contributed by atoms with Gasteiger partial charge in [-0.15, -0.1) is 11.3 Å². The molecule has 75 heavy (non-hydrogen) atoms. The Morgan fingerprint density at radius 1 is 0.373 bits per heavy atom. The second-order valence-corrected chi connectivity index (χ2v) is 20.3. The predicted octanol–water partition coefficient (Wildman–Crippen LogP) is 17.7. The lowest BCUT2D eigenvalue weighted by atomic mass is 9.95. The molecular formula is C69H45N5S. The zero-order valence-electron chi connectivity index (χ0n) is 40.6. The molecule has 1 aliphatic heterocycles. The first-order valence-electron chi connectivity index (χ1n) is 25.5. The van der Waals surface area contributed by atoms with Crippen molar-refractivity contribution in [3.63, 3.8) is 0 Å². The van der Waals surface area contributed by atoms with Crippen LogP contribution in [0.2, 0.25) is 0 Å². The van der Waals surface area contributed by atoms with E-state index in [1.54, 1.807) is 0 Å². The van der Waals surface area contributed by atoms with Crippen LogP contribution in [0.15, 0.2) is 271 Å². The molecule has 3 aromatic heterocycles. The van der Waals surface area contributed by atoms with Gasteiger partial charge in [0.05, 0.1) is 27.8 Å². The third-order valence-electron chi connectivity index (χ3n) is 15.0. The minimum absolute atomic E-state index is 0.472. The maximum absolute atomic E-state index is 5.54. The SMILES string of the molecule is c1ccc(-c2ccc(C3=NC(c4ccccc4-n4c5ccccc5c5c(-c6cccc7c6c6ccc(-c8ccccc8)cc6n7-c6ccccc6)cccc54)NC(c4cccc5c4sc4ccccc45)=N3)cc2)cc1. The summed E-state index contributed by atoms with van der Waals surface area (Å²) in [6.45, 7) is 0. The van der Waals surface area contributed by atoms with Crippen LogP contribution in [0.25, 0.3) is 109 Å². The zero-order chi connectivity index (χ0) is 49.4. The standard InChI is InChI=1S/C69H45N5S/c1-4-19-44(20-5-1)46-37-39-47(40-38-46)67-70-68(72-69(71-67)57-31-16-30-53-50-25-12-15-36-63(50)75-66(53)57)56-27-11-14-33-59(56)74-58-32-13-10-26-54(58)64-51(29-18-35-61(64)74)52-28-17-34-60-65(52)55-42-41-48(45-21-6-2-7-22-45)43-62(55)73(60)49-23-8-3-9-24-49/h1-43,68H,(H,70,71,72). The molecule has 1 unspecified atom stereocenters. The number of thiophene rings is 1. The van der Waals surface area contributed by atoms with Gasteiger partial charge < -0.3 is 14.5 Å². The molecule has 352 valence electrons. The van der Waals surface area contributed by atoms with Crippen molar-refractivity contribution in [3.05, 3.63) is 278 Å². The van der Waals surface area contributed by atoms with Crippen LogP contribution in [0.3, 0.4) is 0 Å². The van der Waals surface area contributed by atoms with Crippen molar-refractivity contribution in [1.82, 2.24) is 14.5 Å². The van der Waals surface area contributed by atoms with Gasteiger partial charge in [0.1, 0.15) is 12.0 Å². The van der Waals surface area contributed by atoms with Gasteiger partial charge >= 0.3 is 0 Å². The number of nitrogens with one attached hydrogen (secondary N) is 1. The Bertz CT molecular complexity index is 4600. The second kappa shape index (κ2) is 17.6. The number of hydrogen-bond donors (Lipinski definition) is 1. The van der Waals surface area contributed by atoms with Crippen LogP contribution in [0.4, 0.5) is 0 Å². The van der Waals surface area contributed by atoms with E-state index in [9.17, 15) is 0 Å². The maximum Gasteiger partial charge on any atom is 0.159 e. The molecule has 5 nitrogen and oxygen atoms in total. The molecule has 0 saturated heterocycles. The van der Waals surface area contributed by atoms with E-state index >= 15 is 0 Å². The Labute approximate surface area is 437 Å². The summed E-state index contributed by atoms with van der Waals surface area (Å²) in [6, 6.07) is 94.1. The number of aromatic nitrogens is 2. The van der Waals surface area contributed by atoms with Crippen molar-refractivity contribution in [1.29, 1.82) is 0 Å². The number of benzene rings is 11. The molecule has 1 atom stereocenters. The van der Waals surface area contributed by atoms with Gasteiger partial charge in [-0.05, 0) is 88.0 Å².